The number of aliphatic hydroxyl groups excluding tert-OH is 1. The number of hydrogen-bond acceptors (Lipinski definition) is 4. The second kappa shape index (κ2) is 8.73. The molecule has 3 rings (SSSR count). The summed E-state index contributed by atoms with van der Waals surface area (Å²) in [6, 6.07) is 23.1. The van der Waals surface area contributed by atoms with Crippen LogP contribution < -0.4 is 5.32 Å². The highest BCUT2D eigenvalue weighted by Crippen LogP contribution is 2.19. The topological polar surface area (TPSA) is 70.9 Å². The van der Waals surface area contributed by atoms with Crippen LogP contribution in [0.1, 0.15) is 17.2 Å². The first kappa shape index (κ1) is 18.3. The third kappa shape index (κ3) is 4.99. The monoisotopic (exact) mass is 364 g/mol. The summed E-state index contributed by atoms with van der Waals surface area (Å²) in [7, 11) is 0. The largest absolute Gasteiger partial charge is 0.437 e. The van der Waals surface area contributed by atoms with Crippen LogP contribution in [0.2, 0.25) is 0 Å². The van der Waals surface area contributed by atoms with Crippen LogP contribution in [-0.4, -0.2) is 16.9 Å². The Labute approximate surface area is 155 Å². The van der Waals surface area contributed by atoms with E-state index in [1.807, 2.05) is 12.1 Å². The molecule has 27 heavy (non-hydrogen) atoms. The maximum atomic E-state index is 12.9. The molecule has 0 radical (unpaired) electrons. The molecule has 3 aromatic rings. The van der Waals surface area contributed by atoms with E-state index >= 15 is 0 Å². The molecular formula is C21H17FN2O3. The molecule has 0 aromatic heterocycles. The Balaban J connectivity index is 1.80. The Morgan fingerprint density at radius 1 is 0.926 bits per heavy atom. The molecule has 6 heteroatoms. The number of hydrogen-bond donors (Lipinski definition) is 2. The standard InChI is InChI=1S/C21H17FN2O3/c22-17-11-13-18(14-12-17)23-21(26)27-24-19(15-7-3-1-4-8-15)20(25)16-9-5-2-6-10-16/h1-14,20,25H,(H,23,26). The predicted molar refractivity (Wildman–Crippen MR) is 101 cm³/mol. The number of nitrogens with zero attached hydrogens (tertiary/aromatic N) is 1. The second-order valence-corrected chi connectivity index (χ2v) is 5.67. The van der Waals surface area contributed by atoms with Crippen molar-refractivity contribution in [2.45, 2.75) is 6.10 Å². The lowest BCUT2D eigenvalue weighted by atomic mass is 9.99. The highest BCUT2D eigenvalue weighted by Gasteiger charge is 2.18. The zero-order valence-electron chi connectivity index (χ0n) is 14.2. The highest BCUT2D eigenvalue weighted by molar-refractivity contribution is 6.04. The first-order valence-electron chi connectivity index (χ1n) is 8.23. The van der Waals surface area contributed by atoms with Gasteiger partial charge in [-0.2, -0.15) is 0 Å². The van der Waals surface area contributed by atoms with Crippen LogP contribution >= 0.6 is 0 Å². The van der Waals surface area contributed by atoms with Gasteiger partial charge < -0.3 is 5.11 Å². The summed E-state index contributed by atoms with van der Waals surface area (Å²) in [5, 5.41) is 17.0. The van der Waals surface area contributed by atoms with Gasteiger partial charge in [0, 0.05) is 11.3 Å². The summed E-state index contributed by atoms with van der Waals surface area (Å²) in [4.78, 5) is 16.9. The van der Waals surface area contributed by atoms with Gasteiger partial charge in [-0.1, -0.05) is 65.8 Å². The van der Waals surface area contributed by atoms with Crippen molar-refractivity contribution in [2.75, 3.05) is 5.32 Å². The van der Waals surface area contributed by atoms with Gasteiger partial charge in [0.15, 0.2) is 0 Å². The molecule has 0 spiro atoms. The van der Waals surface area contributed by atoms with Gasteiger partial charge in [0.2, 0.25) is 0 Å². The van der Waals surface area contributed by atoms with E-state index in [-0.39, 0.29) is 5.71 Å². The smallest absolute Gasteiger partial charge is 0.382 e. The minimum atomic E-state index is -1.08. The Morgan fingerprint density at radius 2 is 1.52 bits per heavy atom. The molecule has 2 N–H and O–H groups in total. The van der Waals surface area contributed by atoms with Crippen LogP contribution in [0.5, 0.6) is 0 Å². The fourth-order valence-electron chi connectivity index (χ4n) is 2.43. The van der Waals surface area contributed by atoms with E-state index in [1.54, 1.807) is 48.5 Å². The summed E-state index contributed by atoms with van der Waals surface area (Å²) in [5.74, 6) is -0.413. The van der Waals surface area contributed by atoms with Crippen LogP contribution in [0.25, 0.3) is 0 Å². The zero-order valence-corrected chi connectivity index (χ0v) is 14.2. The fraction of sp³-hybridized carbons (Fsp3) is 0.0476. The number of nitrogens with one attached hydrogen (secondary N) is 1. The van der Waals surface area contributed by atoms with Gasteiger partial charge >= 0.3 is 6.09 Å². The average Bonchev–Trinajstić information content (AvgIpc) is 2.71. The zero-order chi connectivity index (χ0) is 19.1. The summed E-state index contributed by atoms with van der Waals surface area (Å²) in [6.07, 6.45) is -1.93. The highest BCUT2D eigenvalue weighted by atomic mass is 19.1. The lowest BCUT2D eigenvalue weighted by Gasteiger charge is -2.14. The lowest BCUT2D eigenvalue weighted by molar-refractivity contribution is 0.163. The lowest BCUT2D eigenvalue weighted by Crippen LogP contribution is -2.17. The minimum absolute atomic E-state index is 0.191. The Morgan fingerprint density at radius 3 is 2.15 bits per heavy atom. The van der Waals surface area contributed by atoms with Gasteiger partial charge in [0.1, 0.15) is 17.6 Å². The first-order valence-corrected chi connectivity index (χ1v) is 8.23. The van der Waals surface area contributed by atoms with Crippen molar-refractivity contribution < 1.29 is 19.1 Å². The molecule has 1 atom stereocenters. The van der Waals surface area contributed by atoms with Crippen molar-refractivity contribution in [1.82, 2.24) is 0 Å². The van der Waals surface area contributed by atoms with Gasteiger partial charge in [-0.3, -0.25) is 10.2 Å². The molecule has 0 saturated carbocycles. The Kier molecular flexibility index (Phi) is 5.91. The van der Waals surface area contributed by atoms with Gasteiger partial charge in [-0.25, -0.2) is 9.18 Å². The summed E-state index contributed by atoms with van der Waals surface area (Å²) < 4.78 is 12.9. The quantitative estimate of drug-likeness (QED) is 0.397. The SMILES string of the molecule is O=C(Nc1ccc(F)cc1)ON=C(c1ccccc1)C(O)c1ccccc1. The first-order chi connectivity index (χ1) is 13.1. The van der Waals surface area contributed by atoms with Gasteiger partial charge in [0.25, 0.3) is 0 Å². The average molecular weight is 364 g/mol. The number of carbonyl (C=O) groups excluding carboxylic acids is 1. The Bertz CT molecular complexity index is 913. The van der Waals surface area contributed by atoms with E-state index in [9.17, 15) is 14.3 Å². The molecule has 0 aliphatic carbocycles. The van der Waals surface area contributed by atoms with E-state index in [2.05, 4.69) is 10.5 Å². The molecule has 0 aliphatic heterocycles. The fourth-order valence-corrected chi connectivity index (χ4v) is 2.43. The molecule has 0 fully saturated rings. The van der Waals surface area contributed by atoms with Crippen LogP contribution in [-0.2, 0) is 4.84 Å². The van der Waals surface area contributed by atoms with Crippen LogP contribution in [0.3, 0.4) is 0 Å². The van der Waals surface area contributed by atoms with Gasteiger partial charge in [-0.15, -0.1) is 0 Å². The normalized spacial score (nSPS) is 12.3. The third-order valence-electron chi connectivity index (χ3n) is 3.76. The van der Waals surface area contributed by atoms with Gasteiger partial charge in [-0.05, 0) is 29.8 Å². The van der Waals surface area contributed by atoms with E-state index in [0.717, 1.165) is 0 Å². The van der Waals surface area contributed by atoms with Crippen molar-refractivity contribution in [3.8, 4) is 0 Å². The number of carbonyl (C=O) groups is 1. The van der Waals surface area contributed by atoms with Crippen LogP contribution in [0.4, 0.5) is 14.9 Å². The maximum Gasteiger partial charge on any atom is 0.437 e. The molecule has 136 valence electrons. The summed E-state index contributed by atoms with van der Waals surface area (Å²) >= 11 is 0. The predicted octanol–water partition coefficient (Wildman–Crippen LogP) is 4.51. The molecule has 0 bridgehead atoms. The number of anilines is 1. The molecule has 0 aliphatic rings. The molecule has 3 aromatic carbocycles. The van der Waals surface area contributed by atoms with Crippen LogP contribution in [0, 0.1) is 5.82 Å². The van der Waals surface area contributed by atoms with E-state index in [0.29, 0.717) is 16.8 Å². The number of amides is 1. The number of halogens is 1. The van der Waals surface area contributed by atoms with E-state index < -0.39 is 18.0 Å². The number of oxime groups is 1. The molecule has 0 saturated heterocycles. The van der Waals surface area contributed by atoms with Crippen molar-refractivity contribution in [3.63, 3.8) is 0 Å². The summed E-state index contributed by atoms with van der Waals surface area (Å²) in [6.45, 7) is 0. The second-order valence-electron chi connectivity index (χ2n) is 5.67. The molecule has 5 nitrogen and oxygen atoms in total. The third-order valence-corrected chi connectivity index (χ3v) is 3.76. The number of aliphatic hydroxyl groups is 1. The van der Waals surface area contributed by atoms with Crippen LogP contribution in [0.15, 0.2) is 90.1 Å². The molecule has 1 amide bonds. The van der Waals surface area contributed by atoms with Gasteiger partial charge in [0.05, 0.1) is 0 Å². The molecule has 1 unspecified atom stereocenters. The molecule has 0 heterocycles. The van der Waals surface area contributed by atoms with Crippen molar-refractivity contribution in [2.24, 2.45) is 5.16 Å². The van der Waals surface area contributed by atoms with Crippen molar-refractivity contribution >= 4 is 17.5 Å². The Hall–Kier alpha value is -3.51. The maximum absolute atomic E-state index is 12.9. The van der Waals surface area contributed by atoms with Crippen molar-refractivity contribution in [1.29, 1.82) is 0 Å². The van der Waals surface area contributed by atoms with E-state index in [1.165, 1.54) is 24.3 Å². The summed E-state index contributed by atoms with van der Waals surface area (Å²) in [5.41, 5.74) is 1.78. The van der Waals surface area contributed by atoms with E-state index in [4.69, 9.17) is 4.84 Å². The van der Waals surface area contributed by atoms with Crippen molar-refractivity contribution in [3.05, 3.63) is 102 Å². The minimum Gasteiger partial charge on any atom is -0.382 e. The number of rotatable bonds is 5. The molecular weight excluding hydrogens is 347 g/mol. The number of benzene rings is 3.